The molecule has 3 nitrogen and oxygen atoms in total. The summed E-state index contributed by atoms with van der Waals surface area (Å²) < 4.78 is 5.15. The molecule has 1 saturated carbocycles. The predicted octanol–water partition coefficient (Wildman–Crippen LogP) is 1.58. The normalized spacial score (nSPS) is 31.3. The summed E-state index contributed by atoms with van der Waals surface area (Å²) in [5, 5.41) is 3.34. The number of hydrogen-bond acceptors (Lipinski definition) is 3. The van der Waals surface area contributed by atoms with Crippen LogP contribution in [0.25, 0.3) is 0 Å². The minimum atomic E-state index is -0.00185. The zero-order chi connectivity index (χ0) is 11.1. The quantitative estimate of drug-likeness (QED) is 0.705. The van der Waals surface area contributed by atoms with Crippen LogP contribution in [0.3, 0.4) is 0 Å². The van der Waals surface area contributed by atoms with Gasteiger partial charge in [-0.15, -0.1) is 0 Å². The number of nitrogens with one attached hydrogen (secondary N) is 1. The molecule has 0 aromatic rings. The highest BCUT2D eigenvalue weighted by molar-refractivity contribution is 5.74. The molecule has 2 fully saturated rings. The Hall–Kier alpha value is -0.570. The van der Waals surface area contributed by atoms with E-state index >= 15 is 0 Å². The molecule has 3 heteroatoms. The zero-order valence-electron chi connectivity index (χ0n) is 9.93. The third kappa shape index (κ3) is 1.78. The molecule has 0 amide bonds. The maximum Gasteiger partial charge on any atom is 0.310 e. The van der Waals surface area contributed by atoms with Crippen molar-refractivity contribution in [1.82, 2.24) is 5.32 Å². The van der Waals surface area contributed by atoms with Crippen LogP contribution in [0.4, 0.5) is 0 Å². The van der Waals surface area contributed by atoms with Gasteiger partial charge in [-0.25, -0.2) is 0 Å². The van der Waals surface area contributed by atoms with E-state index in [1.165, 1.54) is 0 Å². The van der Waals surface area contributed by atoms with Gasteiger partial charge in [0.2, 0.25) is 0 Å². The summed E-state index contributed by atoms with van der Waals surface area (Å²) in [6, 6.07) is 0. The van der Waals surface area contributed by atoms with Crippen molar-refractivity contribution in [3.05, 3.63) is 0 Å². The average molecular weight is 211 g/mol. The van der Waals surface area contributed by atoms with Crippen LogP contribution < -0.4 is 5.32 Å². The second-order valence-corrected chi connectivity index (χ2v) is 5.82. The molecule has 1 unspecified atom stereocenters. The first kappa shape index (κ1) is 10.9. The summed E-state index contributed by atoms with van der Waals surface area (Å²) in [4.78, 5) is 11.8. The first-order valence-corrected chi connectivity index (χ1v) is 5.86. The maximum atomic E-state index is 11.8. The third-order valence-electron chi connectivity index (χ3n) is 3.80. The van der Waals surface area contributed by atoms with Gasteiger partial charge in [0.25, 0.3) is 0 Å². The van der Waals surface area contributed by atoms with Gasteiger partial charge in [-0.1, -0.05) is 13.8 Å². The maximum absolute atomic E-state index is 11.8. The van der Waals surface area contributed by atoms with Crippen molar-refractivity contribution < 1.29 is 9.53 Å². The SMILES string of the molecule is CCOC(=O)C1CNCC12CC(C)(C)C2. The summed E-state index contributed by atoms with van der Waals surface area (Å²) in [6.45, 7) is 8.71. The fraction of sp³-hybridized carbons (Fsp3) is 0.917. The number of ether oxygens (including phenoxy) is 1. The monoisotopic (exact) mass is 211 g/mol. The summed E-state index contributed by atoms with van der Waals surface area (Å²) in [5.74, 6) is 0.0866. The molecule has 0 aromatic carbocycles. The van der Waals surface area contributed by atoms with Gasteiger partial charge in [-0.3, -0.25) is 4.79 Å². The Morgan fingerprint density at radius 1 is 1.47 bits per heavy atom. The van der Waals surface area contributed by atoms with E-state index in [1.807, 2.05) is 6.92 Å². The predicted molar refractivity (Wildman–Crippen MR) is 58.4 cm³/mol. The van der Waals surface area contributed by atoms with Crippen LogP contribution in [0.2, 0.25) is 0 Å². The average Bonchev–Trinajstić information content (AvgIpc) is 2.46. The molecule has 1 spiro atoms. The van der Waals surface area contributed by atoms with Crippen LogP contribution in [0.5, 0.6) is 0 Å². The van der Waals surface area contributed by atoms with E-state index in [-0.39, 0.29) is 17.3 Å². The molecule has 86 valence electrons. The van der Waals surface area contributed by atoms with Crippen LogP contribution in [0, 0.1) is 16.7 Å². The van der Waals surface area contributed by atoms with Crippen molar-refractivity contribution in [1.29, 1.82) is 0 Å². The number of carbonyl (C=O) groups is 1. The molecule has 1 saturated heterocycles. The summed E-state index contributed by atoms with van der Waals surface area (Å²) >= 11 is 0. The van der Waals surface area contributed by atoms with E-state index in [9.17, 15) is 4.79 Å². The number of hydrogen-bond donors (Lipinski definition) is 1. The second-order valence-electron chi connectivity index (χ2n) is 5.82. The first-order valence-electron chi connectivity index (χ1n) is 5.86. The molecular formula is C12H21NO2. The lowest BCUT2D eigenvalue weighted by Gasteiger charge is -2.53. The van der Waals surface area contributed by atoms with E-state index in [2.05, 4.69) is 19.2 Å². The fourth-order valence-electron chi connectivity index (χ4n) is 3.61. The smallest absolute Gasteiger partial charge is 0.310 e. The lowest BCUT2D eigenvalue weighted by Crippen LogP contribution is -2.50. The number of carbonyl (C=O) groups excluding carboxylic acids is 1. The fourth-order valence-corrected chi connectivity index (χ4v) is 3.61. The van der Waals surface area contributed by atoms with Crippen molar-refractivity contribution in [2.24, 2.45) is 16.7 Å². The van der Waals surface area contributed by atoms with E-state index < -0.39 is 0 Å². The molecule has 1 aliphatic carbocycles. The highest BCUT2D eigenvalue weighted by Crippen LogP contribution is 2.59. The molecule has 2 rings (SSSR count). The lowest BCUT2D eigenvalue weighted by molar-refractivity contribution is -0.157. The van der Waals surface area contributed by atoms with Gasteiger partial charge in [0.1, 0.15) is 0 Å². The molecule has 0 aromatic heterocycles. The summed E-state index contributed by atoms with van der Waals surface area (Å²) in [6.07, 6.45) is 2.30. The molecule has 0 bridgehead atoms. The number of rotatable bonds is 2. The van der Waals surface area contributed by atoms with Crippen LogP contribution in [-0.4, -0.2) is 25.7 Å². The Morgan fingerprint density at radius 3 is 2.67 bits per heavy atom. The van der Waals surface area contributed by atoms with Crippen molar-refractivity contribution >= 4 is 5.97 Å². The Labute approximate surface area is 91.6 Å². The van der Waals surface area contributed by atoms with Crippen molar-refractivity contribution in [2.45, 2.75) is 33.6 Å². The van der Waals surface area contributed by atoms with E-state index in [4.69, 9.17) is 4.74 Å². The highest BCUT2D eigenvalue weighted by Gasteiger charge is 2.58. The van der Waals surface area contributed by atoms with Crippen molar-refractivity contribution in [2.75, 3.05) is 19.7 Å². The summed E-state index contributed by atoms with van der Waals surface area (Å²) in [5.41, 5.74) is 0.618. The van der Waals surface area contributed by atoms with Gasteiger partial charge in [0.15, 0.2) is 0 Å². The lowest BCUT2D eigenvalue weighted by atomic mass is 9.51. The minimum Gasteiger partial charge on any atom is -0.466 e. The van der Waals surface area contributed by atoms with Gasteiger partial charge < -0.3 is 10.1 Å². The van der Waals surface area contributed by atoms with Crippen LogP contribution in [0.15, 0.2) is 0 Å². The van der Waals surface area contributed by atoms with Crippen LogP contribution in [-0.2, 0) is 9.53 Å². The minimum absolute atomic E-state index is 0.00185. The van der Waals surface area contributed by atoms with Gasteiger partial charge in [-0.2, -0.15) is 0 Å². The molecule has 15 heavy (non-hydrogen) atoms. The molecule has 1 atom stereocenters. The highest BCUT2D eigenvalue weighted by atomic mass is 16.5. The van der Waals surface area contributed by atoms with Crippen molar-refractivity contribution in [3.63, 3.8) is 0 Å². The second kappa shape index (κ2) is 3.48. The molecule has 2 aliphatic rings. The van der Waals surface area contributed by atoms with E-state index in [0.29, 0.717) is 12.0 Å². The Bertz CT molecular complexity index is 265. The topological polar surface area (TPSA) is 38.3 Å². The molecule has 1 N–H and O–H groups in total. The Kier molecular flexibility index (Phi) is 2.53. The van der Waals surface area contributed by atoms with Gasteiger partial charge >= 0.3 is 5.97 Å². The van der Waals surface area contributed by atoms with E-state index in [0.717, 1.165) is 25.9 Å². The standard InChI is InChI=1S/C12H21NO2/c1-4-15-10(14)9-5-13-8-12(9)6-11(2,3)7-12/h9,13H,4-8H2,1-3H3. The van der Waals surface area contributed by atoms with Gasteiger partial charge in [-0.05, 0) is 30.6 Å². The van der Waals surface area contributed by atoms with Crippen LogP contribution in [0.1, 0.15) is 33.6 Å². The van der Waals surface area contributed by atoms with Gasteiger partial charge in [0, 0.05) is 13.1 Å². The molecule has 1 aliphatic heterocycles. The number of esters is 1. The van der Waals surface area contributed by atoms with Crippen LogP contribution >= 0.6 is 0 Å². The van der Waals surface area contributed by atoms with Crippen molar-refractivity contribution in [3.8, 4) is 0 Å². The Balaban J connectivity index is 2.04. The van der Waals surface area contributed by atoms with Gasteiger partial charge in [0.05, 0.1) is 12.5 Å². The zero-order valence-corrected chi connectivity index (χ0v) is 9.93. The third-order valence-corrected chi connectivity index (χ3v) is 3.80. The molecular weight excluding hydrogens is 190 g/mol. The summed E-state index contributed by atoms with van der Waals surface area (Å²) in [7, 11) is 0. The largest absolute Gasteiger partial charge is 0.466 e. The Morgan fingerprint density at radius 2 is 2.13 bits per heavy atom. The molecule has 0 radical (unpaired) electrons. The van der Waals surface area contributed by atoms with E-state index in [1.54, 1.807) is 0 Å². The molecule has 1 heterocycles. The first-order chi connectivity index (χ1) is 6.99.